The number of fused-ring (bicyclic) bond motifs is 1. The van der Waals surface area contributed by atoms with Crippen LogP contribution in [0.4, 0.5) is 0 Å². The second-order valence-electron chi connectivity index (χ2n) is 7.28. The van der Waals surface area contributed by atoms with Gasteiger partial charge in [0.25, 0.3) is 0 Å². The molecule has 1 N–H and O–H groups in total. The maximum atomic E-state index is 11.6. The average Bonchev–Trinajstić information content (AvgIpc) is 2.74. The van der Waals surface area contributed by atoms with E-state index in [1.807, 2.05) is 42.6 Å². The summed E-state index contributed by atoms with van der Waals surface area (Å²) in [5.74, 6) is -0.266. The number of nitrogens with zero attached hydrogens (tertiary/aromatic N) is 2. The first-order valence-electron chi connectivity index (χ1n) is 9.62. The highest BCUT2D eigenvalue weighted by atomic mass is 16.5. The van der Waals surface area contributed by atoms with Crippen LogP contribution in [-0.2, 0) is 4.79 Å². The number of methoxy groups -OCH3 is 1. The van der Waals surface area contributed by atoms with Gasteiger partial charge in [0.15, 0.2) is 0 Å². The minimum atomic E-state index is -0.722. The molecule has 5 nitrogen and oxygen atoms in total. The standard InChI is InChI=1S/C23H24N2O3/c1-28-21-11-5-3-9-19(21)22(25-12-6-8-17(15-25)23(26)27)18-13-16-7-2-4-10-20(16)24-14-18/h2-5,7,9-11,13-14,17,22H,6,8,12,15H2,1H3,(H,26,27). The molecule has 1 aromatic heterocycles. The van der Waals surface area contributed by atoms with Gasteiger partial charge in [-0.1, -0.05) is 36.4 Å². The van der Waals surface area contributed by atoms with Crippen LogP contribution < -0.4 is 4.74 Å². The predicted octanol–water partition coefficient (Wildman–Crippen LogP) is 4.13. The number of hydrogen-bond donors (Lipinski definition) is 1. The molecule has 0 saturated carbocycles. The number of carboxylic acids is 1. The van der Waals surface area contributed by atoms with Crippen molar-refractivity contribution in [1.29, 1.82) is 0 Å². The normalized spacial score (nSPS) is 18.7. The fraction of sp³-hybridized carbons (Fsp3) is 0.304. The molecule has 1 fully saturated rings. The second kappa shape index (κ2) is 7.98. The lowest BCUT2D eigenvalue weighted by molar-refractivity contribution is -0.143. The Bertz CT molecular complexity index is 988. The Morgan fingerprint density at radius 3 is 2.82 bits per heavy atom. The van der Waals surface area contributed by atoms with Crippen molar-refractivity contribution in [2.45, 2.75) is 18.9 Å². The number of hydrogen-bond acceptors (Lipinski definition) is 4. The van der Waals surface area contributed by atoms with Crippen molar-refractivity contribution in [3.63, 3.8) is 0 Å². The molecule has 2 heterocycles. The van der Waals surface area contributed by atoms with Gasteiger partial charge < -0.3 is 9.84 Å². The van der Waals surface area contributed by atoms with E-state index in [0.29, 0.717) is 6.54 Å². The molecule has 1 saturated heterocycles. The summed E-state index contributed by atoms with van der Waals surface area (Å²) in [6.45, 7) is 1.37. The van der Waals surface area contributed by atoms with E-state index in [-0.39, 0.29) is 12.0 Å². The molecule has 0 aliphatic carbocycles. The van der Waals surface area contributed by atoms with Gasteiger partial charge in [-0.05, 0) is 43.1 Å². The molecular weight excluding hydrogens is 352 g/mol. The summed E-state index contributed by atoms with van der Waals surface area (Å²) in [5.41, 5.74) is 3.04. The van der Waals surface area contributed by atoms with Gasteiger partial charge >= 0.3 is 5.97 Å². The molecule has 4 rings (SSSR count). The van der Waals surface area contributed by atoms with Crippen molar-refractivity contribution in [1.82, 2.24) is 9.88 Å². The molecule has 2 aromatic carbocycles. The molecule has 2 atom stereocenters. The summed E-state index contributed by atoms with van der Waals surface area (Å²) in [6.07, 6.45) is 3.49. The maximum Gasteiger partial charge on any atom is 0.307 e. The highest BCUT2D eigenvalue weighted by molar-refractivity contribution is 5.79. The number of carbonyl (C=O) groups is 1. The van der Waals surface area contributed by atoms with Gasteiger partial charge in [-0.3, -0.25) is 14.7 Å². The first kappa shape index (κ1) is 18.4. The van der Waals surface area contributed by atoms with Crippen molar-refractivity contribution < 1.29 is 14.6 Å². The maximum absolute atomic E-state index is 11.6. The first-order valence-corrected chi connectivity index (χ1v) is 9.62. The number of carboxylic acid groups (broad SMARTS) is 1. The number of rotatable bonds is 5. The number of likely N-dealkylation sites (tertiary alicyclic amines) is 1. The molecule has 5 heteroatoms. The lowest BCUT2D eigenvalue weighted by Gasteiger charge is -2.38. The van der Waals surface area contributed by atoms with Gasteiger partial charge in [-0.25, -0.2) is 0 Å². The number of aliphatic carboxylic acids is 1. The quantitative estimate of drug-likeness (QED) is 0.725. The van der Waals surface area contributed by atoms with Gasteiger partial charge in [0.2, 0.25) is 0 Å². The van der Waals surface area contributed by atoms with Crippen molar-refractivity contribution in [3.05, 3.63) is 71.9 Å². The van der Waals surface area contributed by atoms with Gasteiger partial charge in [0.1, 0.15) is 5.75 Å². The van der Waals surface area contributed by atoms with Crippen LogP contribution in [0, 0.1) is 5.92 Å². The number of benzene rings is 2. The van der Waals surface area contributed by atoms with Gasteiger partial charge in [0.05, 0.1) is 24.6 Å². The van der Waals surface area contributed by atoms with Crippen LogP contribution in [0.25, 0.3) is 10.9 Å². The lowest BCUT2D eigenvalue weighted by Crippen LogP contribution is -2.41. The van der Waals surface area contributed by atoms with E-state index < -0.39 is 5.97 Å². The Morgan fingerprint density at radius 2 is 2.00 bits per heavy atom. The molecule has 144 valence electrons. The second-order valence-corrected chi connectivity index (χ2v) is 7.28. The number of pyridine rings is 1. The summed E-state index contributed by atoms with van der Waals surface area (Å²) in [6, 6.07) is 18.1. The zero-order valence-electron chi connectivity index (χ0n) is 15.9. The molecule has 2 unspecified atom stereocenters. The van der Waals surface area contributed by atoms with E-state index in [4.69, 9.17) is 4.74 Å². The van der Waals surface area contributed by atoms with E-state index in [1.54, 1.807) is 7.11 Å². The summed E-state index contributed by atoms with van der Waals surface area (Å²) < 4.78 is 5.64. The SMILES string of the molecule is COc1ccccc1C(c1cnc2ccccc2c1)N1CCCC(C(=O)O)C1. The summed E-state index contributed by atoms with van der Waals surface area (Å²) in [5, 5.41) is 10.6. The number of para-hydroxylation sites is 2. The third-order valence-corrected chi connectivity index (χ3v) is 5.53. The first-order chi connectivity index (χ1) is 13.7. The molecule has 0 bridgehead atoms. The van der Waals surface area contributed by atoms with E-state index in [0.717, 1.165) is 47.2 Å². The van der Waals surface area contributed by atoms with E-state index in [2.05, 4.69) is 28.1 Å². The van der Waals surface area contributed by atoms with E-state index >= 15 is 0 Å². The monoisotopic (exact) mass is 376 g/mol. The zero-order valence-corrected chi connectivity index (χ0v) is 15.9. The van der Waals surface area contributed by atoms with Gasteiger partial charge in [0, 0.05) is 23.7 Å². The number of piperidine rings is 1. The van der Waals surface area contributed by atoms with Crippen LogP contribution in [0.3, 0.4) is 0 Å². The molecule has 0 radical (unpaired) electrons. The van der Waals surface area contributed by atoms with Crippen molar-refractivity contribution in [2.75, 3.05) is 20.2 Å². The van der Waals surface area contributed by atoms with Crippen LogP contribution in [0.5, 0.6) is 5.75 Å². The smallest absolute Gasteiger partial charge is 0.307 e. The molecule has 0 amide bonds. The highest BCUT2D eigenvalue weighted by Crippen LogP contribution is 2.37. The number of aromatic nitrogens is 1. The zero-order chi connectivity index (χ0) is 19.5. The summed E-state index contributed by atoms with van der Waals surface area (Å²) in [7, 11) is 1.67. The fourth-order valence-corrected chi connectivity index (χ4v) is 4.16. The summed E-state index contributed by atoms with van der Waals surface area (Å²) >= 11 is 0. The fourth-order valence-electron chi connectivity index (χ4n) is 4.16. The van der Waals surface area contributed by atoms with E-state index in [9.17, 15) is 9.90 Å². The molecule has 28 heavy (non-hydrogen) atoms. The number of ether oxygens (including phenoxy) is 1. The van der Waals surface area contributed by atoms with Crippen LogP contribution >= 0.6 is 0 Å². The van der Waals surface area contributed by atoms with Crippen LogP contribution in [0.1, 0.15) is 30.0 Å². The van der Waals surface area contributed by atoms with Crippen LogP contribution in [0.2, 0.25) is 0 Å². The Morgan fingerprint density at radius 1 is 1.21 bits per heavy atom. The average molecular weight is 376 g/mol. The van der Waals surface area contributed by atoms with Gasteiger partial charge in [-0.15, -0.1) is 0 Å². The molecular formula is C23H24N2O3. The third-order valence-electron chi connectivity index (χ3n) is 5.53. The van der Waals surface area contributed by atoms with E-state index in [1.165, 1.54) is 0 Å². The molecule has 1 aliphatic heterocycles. The minimum Gasteiger partial charge on any atom is -0.496 e. The molecule has 3 aromatic rings. The topological polar surface area (TPSA) is 62.7 Å². The van der Waals surface area contributed by atoms with Gasteiger partial charge in [-0.2, -0.15) is 0 Å². The molecule has 1 aliphatic rings. The van der Waals surface area contributed by atoms with Crippen LogP contribution in [0.15, 0.2) is 60.8 Å². The third kappa shape index (κ3) is 3.58. The Balaban J connectivity index is 1.81. The Kier molecular flexibility index (Phi) is 5.26. The highest BCUT2D eigenvalue weighted by Gasteiger charge is 2.32. The van der Waals surface area contributed by atoms with Crippen molar-refractivity contribution >= 4 is 16.9 Å². The van der Waals surface area contributed by atoms with Crippen molar-refractivity contribution in [3.8, 4) is 5.75 Å². The largest absolute Gasteiger partial charge is 0.496 e. The minimum absolute atomic E-state index is 0.101. The van der Waals surface area contributed by atoms with Crippen LogP contribution in [-0.4, -0.2) is 41.2 Å². The Hall–Kier alpha value is -2.92. The van der Waals surface area contributed by atoms with Crippen molar-refractivity contribution in [2.24, 2.45) is 5.92 Å². The predicted molar refractivity (Wildman–Crippen MR) is 109 cm³/mol. The summed E-state index contributed by atoms with van der Waals surface area (Å²) in [4.78, 5) is 18.5. The lowest BCUT2D eigenvalue weighted by atomic mass is 9.91. The Labute approximate surface area is 164 Å². The molecule has 0 spiro atoms.